The van der Waals surface area contributed by atoms with Crippen molar-refractivity contribution in [2.24, 2.45) is 0 Å². The lowest BCUT2D eigenvalue weighted by molar-refractivity contribution is -0.119. The van der Waals surface area contributed by atoms with Crippen LogP contribution in [0.4, 0.5) is 10.5 Å². The summed E-state index contributed by atoms with van der Waals surface area (Å²) < 4.78 is 1.64. The van der Waals surface area contributed by atoms with Crippen molar-refractivity contribution in [1.82, 2.24) is 25.5 Å². The molecule has 128 valence electrons. The average Bonchev–Trinajstić information content (AvgIpc) is 2.96. The van der Waals surface area contributed by atoms with Crippen LogP contribution >= 0.6 is 11.8 Å². The van der Waals surface area contributed by atoms with Crippen LogP contribution in [0.1, 0.15) is 27.7 Å². The number of tetrazole rings is 1. The van der Waals surface area contributed by atoms with Gasteiger partial charge >= 0.3 is 6.03 Å². The minimum absolute atomic E-state index is 0.299. The number of thioether (sulfide) groups is 1. The van der Waals surface area contributed by atoms with Gasteiger partial charge in [0.15, 0.2) is 0 Å². The Morgan fingerprint density at radius 1 is 1.21 bits per heavy atom. The van der Waals surface area contributed by atoms with Gasteiger partial charge < -0.3 is 5.32 Å². The molecular formula is C15H20N6O2S. The zero-order chi connectivity index (χ0) is 17.7. The van der Waals surface area contributed by atoms with Gasteiger partial charge in [-0.1, -0.05) is 30.0 Å². The molecule has 1 aromatic heterocycles. The summed E-state index contributed by atoms with van der Waals surface area (Å²) in [4.78, 5) is 24.0. The van der Waals surface area contributed by atoms with Crippen molar-refractivity contribution in [2.45, 2.75) is 43.6 Å². The molecule has 0 saturated carbocycles. The van der Waals surface area contributed by atoms with E-state index in [1.807, 2.05) is 26.8 Å². The number of carbonyl (C=O) groups excluding carboxylic acids is 2. The second kappa shape index (κ2) is 7.43. The maximum atomic E-state index is 12.2. The SMILES string of the molecule is CC(Sc1nnnn1C(C)(C)C)C(=O)NC(=O)Nc1ccccc1. The van der Waals surface area contributed by atoms with E-state index in [9.17, 15) is 9.59 Å². The quantitative estimate of drug-likeness (QED) is 0.822. The lowest BCUT2D eigenvalue weighted by Gasteiger charge is -2.20. The monoisotopic (exact) mass is 348 g/mol. The maximum absolute atomic E-state index is 12.2. The van der Waals surface area contributed by atoms with Crippen molar-refractivity contribution in [3.8, 4) is 0 Å². The van der Waals surface area contributed by atoms with Crippen molar-refractivity contribution < 1.29 is 9.59 Å². The third kappa shape index (κ3) is 4.79. The van der Waals surface area contributed by atoms with E-state index in [0.717, 1.165) is 0 Å². The van der Waals surface area contributed by atoms with E-state index in [1.165, 1.54) is 11.8 Å². The van der Waals surface area contributed by atoms with Crippen LogP contribution in [0.3, 0.4) is 0 Å². The minimum Gasteiger partial charge on any atom is -0.308 e. The van der Waals surface area contributed by atoms with E-state index in [0.29, 0.717) is 10.8 Å². The van der Waals surface area contributed by atoms with Crippen molar-refractivity contribution in [3.63, 3.8) is 0 Å². The Labute approximate surface area is 144 Å². The molecule has 2 rings (SSSR count). The number of aromatic nitrogens is 4. The minimum atomic E-state index is -0.575. The molecule has 1 heterocycles. The predicted molar refractivity (Wildman–Crippen MR) is 91.7 cm³/mol. The Kier molecular flexibility index (Phi) is 5.55. The summed E-state index contributed by atoms with van der Waals surface area (Å²) in [6, 6.07) is 8.32. The number of benzene rings is 1. The highest BCUT2D eigenvalue weighted by molar-refractivity contribution is 8.00. The summed E-state index contributed by atoms with van der Waals surface area (Å²) >= 11 is 1.19. The topological polar surface area (TPSA) is 102 Å². The van der Waals surface area contributed by atoms with Gasteiger partial charge in [0.25, 0.3) is 0 Å². The van der Waals surface area contributed by atoms with Crippen LogP contribution in [0, 0.1) is 0 Å². The van der Waals surface area contributed by atoms with Crippen LogP contribution < -0.4 is 10.6 Å². The third-order valence-corrected chi connectivity index (χ3v) is 4.03. The maximum Gasteiger partial charge on any atom is 0.325 e. The molecule has 0 saturated heterocycles. The standard InChI is InChI=1S/C15H20N6O2S/c1-10(24-14-18-19-20-21(14)15(2,3)4)12(22)17-13(23)16-11-8-6-5-7-9-11/h5-10H,1-4H3,(H2,16,17,22,23). The number of para-hydroxylation sites is 1. The number of carbonyl (C=O) groups is 2. The van der Waals surface area contributed by atoms with Crippen LogP contribution in [0.2, 0.25) is 0 Å². The first-order valence-electron chi connectivity index (χ1n) is 7.40. The van der Waals surface area contributed by atoms with Gasteiger partial charge in [-0.3, -0.25) is 10.1 Å². The molecular weight excluding hydrogens is 328 g/mol. The Morgan fingerprint density at radius 2 is 1.88 bits per heavy atom. The predicted octanol–water partition coefficient (Wildman–Crippen LogP) is 2.26. The molecule has 1 aromatic carbocycles. The van der Waals surface area contributed by atoms with E-state index in [2.05, 4.69) is 26.2 Å². The van der Waals surface area contributed by atoms with Gasteiger partial charge in [0.05, 0.1) is 10.8 Å². The van der Waals surface area contributed by atoms with Crippen molar-refractivity contribution in [1.29, 1.82) is 0 Å². The molecule has 3 amide bonds. The molecule has 1 atom stereocenters. The van der Waals surface area contributed by atoms with E-state index >= 15 is 0 Å². The van der Waals surface area contributed by atoms with Crippen molar-refractivity contribution in [3.05, 3.63) is 30.3 Å². The van der Waals surface area contributed by atoms with Gasteiger partial charge in [0, 0.05) is 5.69 Å². The summed E-state index contributed by atoms with van der Waals surface area (Å²) in [5, 5.41) is 16.4. The normalized spacial score (nSPS) is 12.5. The van der Waals surface area contributed by atoms with Gasteiger partial charge in [-0.05, 0) is 50.3 Å². The van der Waals surface area contributed by atoms with Gasteiger partial charge in [-0.25, -0.2) is 9.48 Å². The largest absolute Gasteiger partial charge is 0.325 e. The molecule has 9 heteroatoms. The number of hydrogen-bond acceptors (Lipinski definition) is 6. The average molecular weight is 348 g/mol. The molecule has 0 spiro atoms. The first-order chi connectivity index (χ1) is 11.3. The summed E-state index contributed by atoms with van der Waals surface area (Å²) in [5.41, 5.74) is 0.312. The van der Waals surface area contributed by atoms with Crippen LogP contribution in [-0.2, 0) is 10.3 Å². The molecule has 0 radical (unpaired) electrons. The van der Waals surface area contributed by atoms with E-state index in [4.69, 9.17) is 0 Å². The van der Waals surface area contributed by atoms with Crippen LogP contribution in [0.15, 0.2) is 35.5 Å². The number of hydrogen-bond donors (Lipinski definition) is 2. The summed E-state index contributed by atoms with van der Waals surface area (Å²) in [6.07, 6.45) is 0. The first kappa shape index (κ1) is 17.9. The highest BCUT2D eigenvalue weighted by atomic mass is 32.2. The molecule has 0 aliphatic rings. The molecule has 0 aliphatic carbocycles. The highest BCUT2D eigenvalue weighted by Crippen LogP contribution is 2.25. The fourth-order valence-corrected chi connectivity index (χ4v) is 2.76. The number of imide groups is 1. The zero-order valence-corrected chi connectivity index (χ0v) is 14.8. The number of amides is 3. The van der Waals surface area contributed by atoms with Crippen LogP contribution in [0.5, 0.6) is 0 Å². The second-order valence-electron chi connectivity index (χ2n) is 6.11. The van der Waals surface area contributed by atoms with Gasteiger partial charge in [0.2, 0.25) is 11.1 Å². The fraction of sp³-hybridized carbons (Fsp3) is 0.400. The fourth-order valence-electron chi connectivity index (χ4n) is 1.78. The Bertz CT molecular complexity index is 710. The third-order valence-electron chi connectivity index (χ3n) is 3.00. The van der Waals surface area contributed by atoms with Gasteiger partial charge in [-0.2, -0.15) is 0 Å². The lowest BCUT2D eigenvalue weighted by Crippen LogP contribution is -2.39. The summed E-state index contributed by atoms with van der Waals surface area (Å²) in [7, 11) is 0. The van der Waals surface area contributed by atoms with E-state index < -0.39 is 17.2 Å². The summed E-state index contributed by atoms with van der Waals surface area (Å²) in [6.45, 7) is 7.58. The molecule has 0 bridgehead atoms. The number of anilines is 1. The van der Waals surface area contributed by atoms with E-state index in [1.54, 1.807) is 35.9 Å². The number of urea groups is 1. The Morgan fingerprint density at radius 3 is 2.50 bits per heavy atom. The van der Waals surface area contributed by atoms with E-state index in [-0.39, 0.29) is 5.54 Å². The van der Waals surface area contributed by atoms with Crippen molar-refractivity contribution in [2.75, 3.05) is 5.32 Å². The second-order valence-corrected chi connectivity index (χ2v) is 7.42. The van der Waals surface area contributed by atoms with Gasteiger partial charge in [0.1, 0.15) is 0 Å². The molecule has 2 N–H and O–H groups in total. The number of rotatable bonds is 4. The smallest absolute Gasteiger partial charge is 0.308 e. The summed E-state index contributed by atoms with van der Waals surface area (Å²) in [5.74, 6) is -0.420. The number of nitrogens with zero attached hydrogens (tertiary/aromatic N) is 4. The Hall–Kier alpha value is -2.42. The molecule has 0 aliphatic heterocycles. The molecule has 8 nitrogen and oxygen atoms in total. The zero-order valence-electron chi connectivity index (χ0n) is 14.0. The Balaban J connectivity index is 1.93. The lowest BCUT2D eigenvalue weighted by atomic mass is 10.1. The van der Waals surface area contributed by atoms with Crippen LogP contribution in [-0.4, -0.2) is 37.4 Å². The van der Waals surface area contributed by atoms with Crippen molar-refractivity contribution >= 4 is 29.4 Å². The number of nitrogens with one attached hydrogen (secondary N) is 2. The first-order valence-corrected chi connectivity index (χ1v) is 8.28. The highest BCUT2D eigenvalue weighted by Gasteiger charge is 2.24. The molecule has 1 unspecified atom stereocenters. The molecule has 24 heavy (non-hydrogen) atoms. The van der Waals surface area contributed by atoms with Crippen LogP contribution in [0.25, 0.3) is 0 Å². The molecule has 0 fully saturated rings. The molecule has 2 aromatic rings. The van der Waals surface area contributed by atoms with Gasteiger partial charge in [-0.15, -0.1) is 5.10 Å².